The third-order valence-electron chi connectivity index (χ3n) is 4.05. The number of hydrogen-bond donors (Lipinski definition) is 2. The van der Waals surface area contributed by atoms with Crippen LogP contribution in [0.5, 0.6) is 0 Å². The van der Waals surface area contributed by atoms with Gasteiger partial charge >= 0.3 is 0 Å². The van der Waals surface area contributed by atoms with Crippen LogP contribution < -0.4 is 10.2 Å². The molecule has 9 nitrogen and oxygen atoms in total. The van der Waals surface area contributed by atoms with E-state index in [1.54, 1.807) is 18.6 Å². The molecule has 2 aliphatic rings. The number of rotatable bonds is 4. The second kappa shape index (κ2) is 8.95. The number of amides is 1. The minimum Gasteiger partial charge on any atom is -0.483 e. The van der Waals surface area contributed by atoms with E-state index in [1.165, 1.54) is 0 Å². The first kappa shape index (κ1) is 18.6. The summed E-state index contributed by atoms with van der Waals surface area (Å²) in [5.74, 6) is 0.726. The average Bonchev–Trinajstić information content (AvgIpc) is 3.04. The second-order valence-electron chi connectivity index (χ2n) is 5.94. The van der Waals surface area contributed by atoms with Gasteiger partial charge < -0.3 is 20.2 Å². The van der Waals surface area contributed by atoms with E-state index in [0.29, 0.717) is 25.2 Å². The van der Waals surface area contributed by atoms with E-state index >= 15 is 0 Å². The van der Waals surface area contributed by atoms with Crippen molar-refractivity contribution >= 4 is 23.9 Å². The molecule has 1 saturated heterocycles. The molecule has 0 aliphatic carbocycles. The smallest absolute Gasteiger partial charge is 0.290 e. The van der Waals surface area contributed by atoms with Crippen molar-refractivity contribution in [1.82, 2.24) is 15.3 Å². The minimum absolute atomic E-state index is 0.115. The molecule has 0 saturated carbocycles. The Labute approximate surface area is 146 Å². The third-order valence-corrected chi connectivity index (χ3v) is 4.05. The normalized spacial score (nSPS) is 21.6. The van der Waals surface area contributed by atoms with Gasteiger partial charge in [-0.15, -0.1) is 0 Å². The van der Waals surface area contributed by atoms with E-state index < -0.39 is 5.60 Å². The molecular weight excluding hydrogens is 326 g/mol. The van der Waals surface area contributed by atoms with Gasteiger partial charge in [0, 0.05) is 31.9 Å². The van der Waals surface area contributed by atoms with Crippen molar-refractivity contribution in [1.29, 1.82) is 0 Å². The lowest BCUT2D eigenvalue weighted by Gasteiger charge is -2.38. The van der Waals surface area contributed by atoms with Gasteiger partial charge in [0.2, 0.25) is 0 Å². The summed E-state index contributed by atoms with van der Waals surface area (Å²) in [6.45, 7) is 4.03. The maximum Gasteiger partial charge on any atom is 0.290 e. The Kier molecular flexibility index (Phi) is 6.67. The first-order valence-corrected chi connectivity index (χ1v) is 8.26. The van der Waals surface area contributed by atoms with Crippen LogP contribution in [-0.4, -0.2) is 58.4 Å². The summed E-state index contributed by atoms with van der Waals surface area (Å²) in [6, 6.07) is 0. The lowest BCUT2D eigenvalue weighted by molar-refractivity contribution is -0.123. The Morgan fingerprint density at radius 1 is 1.52 bits per heavy atom. The Morgan fingerprint density at radius 3 is 3.00 bits per heavy atom. The van der Waals surface area contributed by atoms with Crippen molar-refractivity contribution in [3.8, 4) is 0 Å². The zero-order chi connectivity index (χ0) is 18.1. The summed E-state index contributed by atoms with van der Waals surface area (Å²) in [5, 5.41) is 13.8. The van der Waals surface area contributed by atoms with Crippen LogP contribution in [0.3, 0.4) is 0 Å². The Morgan fingerprint density at radius 2 is 2.32 bits per heavy atom. The van der Waals surface area contributed by atoms with Crippen molar-refractivity contribution < 1.29 is 19.5 Å². The van der Waals surface area contributed by atoms with Gasteiger partial charge in [-0.25, -0.2) is 4.98 Å². The summed E-state index contributed by atoms with van der Waals surface area (Å²) >= 11 is 0. The molecule has 1 fully saturated rings. The van der Waals surface area contributed by atoms with Crippen LogP contribution >= 0.6 is 0 Å². The molecule has 2 N–H and O–H groups in total. The average molecular weight is 349 g/mol. The zero-order valence-electron chi connectivity index (χ0n) is 14.2. The molecule has 1 aromatic rings. The maximum atomic E-state index is 12.0. The summed E-state index contributed by atoms with van der Waals surface area (Å²) in [4.78, 5) is 36.7. The third kappa shape index (κ3) is 4.88. The van der Waals surface area contributed by atoms with Crippen molar-refractivity contribution in [2.24, 2.45) is 5.16 Å². The SMILES string of the molecule is CCCNC(=O)C1=NOC2(CCCN(c3cnccn3)C2)C1.O=CO. The number of oxime groups is 1. The molecule has 1 unspecified atom stereocenters. The number of nitrogens with one attached hydrogen (secondary N) is 1. The summed E-state index contributed by atoms with van der Waals surface area (Å²) in [5.41, 5.74) is 0.0868. The lowest BCUT2D eigenvalue weighted by Crippen LogP contribution is -2.49. The van der Waals surface area contributed by atoms with Gasteiger partial charge in [0.1, 0.15) is 11.5 Å². The highest BCUT2D eigenvalue weighted by atomic mass is 16.7. The number of aromatic nitrogens is 2. The first-order valence-electron chi connectivity index (χ1n) is 8.26. The molecule has 3 rings (SSSR count). The van der Waals surface area contributed by atoms with Crippen LogP contribution in [0.15, 0.2) is 23.7 Å². The van der Waals surface area contributed by atoms with E-state index in [4.69, 9.17) is 14.7 Å². The van der Waals surface area contributed by atoms with Crippen LogP contribution in [0.25, 0.3) is 0 Å². The first-order chi connectivity index (χ1) is 12.1. The molecule has 1 aromatic heterocycles. The van der Waals surface area contributed by atoms with Crippen molar-refractivity contribution in [3.05, 3.63) is 18.6 Å². The standard InChI is InChI=1S/C15H21N5O2.CH2O2/c1-2-5-18-14(21)12-9-15(22-19-12)4-3-8-20(11-15)13-10-16-6-7-17-13;2-1-3/h6-7,10H,2-5,8-9,11H2,1H3,(H,18,21);1H,(H,2,3). The molecule has 1 spiro atoms. The van der Waals surface area contributed by atoms with Gasteiger partial charge in [0.05, 0.1) is 12.7 Å². The largest absolute Gasteiger partial charge is 0.483 e. The van der Waals surface area contributed by atoms with Crippen LogP contribution in [0.4, 0.5) is 5.82 Å². The molecule has 0 aromatic carbocycles. The Bertz CT molecular complexity index is 610. The molecule has 2 aliphatic heterocycles. The summed E-state index contributed by atoms with van der Waals surface area (Å²) in [6.07, 6.45) is 8.45. The van der Waals surface area contributed by atoms with Crippen molar-refractivity contribution in [2.45, 2.75) is 38.2 Å². The van der Waals surface area contributed by atoms with E-state index in [1.807, 2.05) is 6.92 Å². The molecule has 136 valence electrons. The molecule has 3 heterocycles. The quantitative estimate of drug-likeness (QED) is 0.773. The van der Waals surface area contributed by atoms with E-state index in [0.717, 1.165) is 31.6 Å². The van der Waals surface area contributed by atoms with Crippen LogP contribution in [0.1, 0.15) is 32.6 Å². The molecule has 25 heavy (non-hydrogen) atoms. The van der Waals surface area contributed by atoms with Gasteiger partial charge in [0.15, 0.2) is 5.60 Å². The van der Waals surface area contributed by atoms with E-state index in [9.17, 15) is 4.79 Å². The van der Waals surface area contributed by atoms with Crippen molar-refractivity contribution in [2.75, 3.05) is 24.5 Å². The van der Waals surface area contributed by atoms with Gasteiger partial charge in [-0.1, -0.05) is 12.1 Å². The fraction of sp³-hybridized carbons (Fsp3) is 0.562. The second-order valence-corrected chi connectivity index (χ2v) is 5.94. The fourth-order valence-electron chi connectivity index (χ4n) is 2.95. The predicted molar refractivity (Wildman–Crippen MR) is 91.3 cm³/mol. The molecule has 1 atom stereocenters. The molecule has 0 radical (unpaired) electrons. The zero-order valence-corrected chi connectivity index (χ0v) is 14.2. The molecule has 9 heteroatoms. The highest BCUT2D eigenvalue weighted by molar-refractivity contribution is 6.39. The van der Waals surface area contributed by atoms with Gasteiger partial charge in [-0.3, -0.25) is 14.6 Å². The van der Waals surface area contributed by atoms with Crippen LogP contribution in [-0.2, 0) is 14.4 Å². The molecule has 0 bridgehead atoms. The van der Waals surface area contributed by atoms with Gasteiger partial charge in [0.25, 0.3) is 12.4 Å². The molecule has 1 amide bonds. The number of piperidine rings is 1. The van der Waals surface area contributed by atoms with Gasteiger partial charge in [-0.05, 0) is 19.3 Å². The topological polar surface area (TPSA) is 117 Å². The molecular formula is C16H23N5O4. The number of carboxylic acid groups (broad SMARTS) is 1. The van der Waals surface area contributed by atoms with Crippen LogP contribution in [0, 0.1) is 0 Å². The van der Waals surface area contributed by atoms with Crippen molar-refractivity contribution in [3.63, 3.8) is 0 Å². The Hall–Kier alpha value is -2.71. The number of anilines is 1. The minimum atomic E-state index is -0.408. The van der Waals surface area contributed by atoms with Gasteiger partial charge in [-0.2, -0.15) is 0 Å². The van der Waals surface area contributed by atoms with E-state index in [2.05, 4.69) is 25.3 Å². The monoisotopic (exact) mass is 349 g/mol. The van der Waals surface area contributed by atoms with E-state index in [-0.39, 0.29) is 12.4 Å². The highest BCUT2D eigenvalue weighted by Crippen LogP contribution is 2.34. The number of nitrogens with zero attached hydrogens (tertiary/aromatic N) is 4. The maximum absolute atomic E-state index is 12.0. The fourth-order valence-corrected chi connectivity index (χ4v) is 2.95. The number of carbonyl (C=O) groups excluding carboxylic acids is 1. The lowest BCUT2D eigenvalue weighted by atomic mass is 9.88. The van der Waals surface area contributed by atoms with Crippen LogP contribution in [0.2, 0.25) is 0 Å². The predicted octanol–water partition coefficient (Wildman–Crippen LogP) is 0.819. The number of hydrogen-bond acceptors (Lipinski definition) is 7. The summed E-state index contributed by atoms with van der Waals surface area (Å²) < 4.78 is 0. The Balaban J connectivity index is 0.000000701. The highest BCUT2D eigenvalue weighted by Gasteiger charge is 2.44. The summed E-state index contributed by atoms with van der Waals surface area (Å²) in [7, 11) is 0. The number of carbonyl (C=O) groups is 2.